The first-order valence-electron chi connectivity index (χ1n) is 11.0. The molecular weight excluding hydrogens is 496 g/mol. The number of anilines is 3. The standard InChI is InChI=1S/C30H11F2N7/c31-27-9-22(7-5-18(27)12-33)39(23-8-6-19(13-34)28(32)10-23)29-11-26(20(14-35)15-36)24-3-1-2-4-25(24)30(29)21(16-37)17-38/h1-11H. The van der Waals surface area contributed by atoms with Crippen molar-refractivity contribution in [3.63, 3.8) is 0 Å². The first kappa shape index (κ1) is 25.6. The van der Waals surface area contributed by atoms with Gasteiger partial charge in [-0.15, -0.1) is 0 Å². The van der Waals surface area contributed by atoms with Gasteiger partial charge in [0.05, 0.1) is 16.8 Å². The molecule has 4 aromatic carbocycles. The maximum Gasteiger partial charge on any atom is 0.143 e. The lowest BCUT2D eigenvalue weighted by Gasteiger charge is -2.27. The molecule has 4 rings (SSSR count). The van der Waals surface area contributed by atoms with Crippen LogP contribution >= 0.6 is 0 Å². The van der Waals surface area contributed by atoms with Crippen molar-refractivity contribution in [2.24, 2.45) is 0 Å². The fourth-order valence-electron chi connectivity index (χ4n) is 4.18. The minimum absolute atomic E-state index is 0.0537. The molecule has 0 radical (unpaired) electrons. The molecule has 7 nitrogen and oxygen atoms in total. The van der Waals surface area contributed by atoms with Crippen LogP contribution < -0.4 is 15.3 Å². The highest BCUT2D eigenvalue weighted by atomic mass is 19.1. The third-order valence-corrected chi connectivity index (χ3v) is 5.89. The molecule has 0 heterocycles. The summed E-state index contributed by atoms with van der Waals surface area (Å²) in [7, 11) is 0. The number of hydrogen-bond donors (Lipinski definition) is 0. The minimum atomic E-state index is -0.886. The van der Waals surface area contributed by atoms with E-state index in [2.05, 4.69) is 0 Å². The summed E-state index contributed by atoms with van der Waals surface area (Å²) in [4.78, 5) is 1.32. The molecule has 0 N–H and O–H groups in total. The van der Waals surface area contributed by atoms with Crippen molar-refractivity contribution in [2.45, 2.75) is 0 Å². The van der Waals surface area contributed by atoms with Gasteiger partial charge in [0.15, 0.2) is 0 Å². The Morgan fingerprint density at radius 1 is 0.590 bits per heavy atom. The maximum absolute atomic E-state index is 14.8. The Labute approximate surface area is 220 Å². The van der Waals surface area contributed by atoms with Crippen molar-refractivity contribution >= 4 is 39.0 Å². The molecule has 0 fully saturated rings. The molecule has 0 aromatic heterocycles. The van der Waals surface area contributed by atoms with Gasteiger partial charge in [-0.2, -0.15) is 31.6 Å². The van der Waals surface area contributed by atoms with Gasteiger partial charge in [0.1, 0.15) is 59.2 Å². The van der Waals surface area contributed by atoms with Crippen LogP contribution in [0.15, 0.2) is 66.7 Å². The topological polar surface area (TPSA) is 146 Å². The largest absolute Gasteiger partial charge is 0.310 e. The van der Waals surface area contributed by atoms with E-state index in [-0.39, 0.29) is 49.8 Å². The van der Waals surface area contributed by atoms with Crippen molar-refractivity contribution in [3.8, 4) is 36.4 Å². The molecule has 180 valence electrons. The summed E-state index contributed by atoms with van der Waals surface area (Å²) in [6.45, 7) is 0. The summed E-state index contributed by atoms with van der Waals surface area (Å²) in [6, 6.07) is 25.9. The van der Waals surface area contributed by atoms with Gasteiger partial charge in [-0.1, -0.05) is 24.3 Å². The van der Waals surface area contributed by atoms with Gasteiger partial charge in [0.25, 0.3) is 0 Å². The lowest BCUT2D eigenvalue weighted by atomic mass is 9.97. The van der Waals surface area contributed by atoms with Gasteiger partial charge < -0.3 is 4.90 Å². The molecule has 0 spiro atoms. The lowest BCUT2D eigenvalue weighted by Crippen LogP contribution is -2.25. The van der Waals surface area contributed by atoms with Crippen molar-refractivity contribution in [1.29, 1.82) is 31.6 Å². The first-order chi connectivity index (χ1) is 18.9. The molecule has 0 atom stereocenters. The third kappa shape index (κ3) is 4.44. The van der Waals surface area contributed by atoms with E-state index in [0.717, 1.165) is 12.1 Å². The highest BCUT2D eigenvalue weighted by Crippen LogP contribution is 2.35. The normalized spacial score (nSPS) is 9.64. The van der Waals surface area contributed by atoms with E-state index >= 15 is 0 Å². The van der Waals surface area contributed by atoms with Crippen molar-refractivity contribution in [2.75, 3.05) is 4.90 Å². The van der Waals surface area contributed by atoms with Crippen LogP contribution in [0.4, 0.5) is 25.8 Å². The lowest BCUT2D eigenvalue weighted by molar-refractivity contribution is 0.623. The molecule has 0 unspecified atom stereocenters. The van der Waals surface area contributed by atoms with Crippen LogP contribution in [0.5, 0.6) is 0 Å². The molecule has 39 heavy (non-hydrogen) atoms. The molecule has 9 heteroatoms. The third-order valence-electron chi connectivity index (χ3n) is 5.89. The quantitative estimate of drug-likeness (QED) is 0.390. The van der Waals surface area contributed by atoms with Crippen molar-refractivity contribution < 1.29 is 8.78 Å². The van der Waals surface area contributed by atoms with Crippen molar-refractivity contribution in [1.82, 2.24) is 0 Å². The zero-order valence-corrected chi connectivity index (χ0v) is 19.7. The monoisotopic (exact) mass is 507 g/mol. The Hall–Kier alpha value is -6.52. The van der Waals surface area contributed by atoms with E-state index in [9.17, 15) is 40.4 Å². The molecule has 0 aliphatic heterocycles. The predicted octanol–water partition coefficient (Wildman–Crippen LogP) is 4.73. The smallest absolute Gasteiger partial charge is 0.143 e. The van der Waals surface area contributed by atoms with E-state index < -0.39 is 11.6 Å². The van der Waals surface area contributed by atoms with Crippen LogP contribution in [0, 0.1) is 79.6 Å². The number of hydrogen-bond acceptors (Lipinski definition) is 7. The molecular formula is C30H11F2N7. The van der Waals surface area contributed by atoms with Crippen LogP contribution in [-0.2, 0) is 0 Å². The van der Waals surface area contributed by atoms with Gasteiger partial charge in [0.2, 0.25) is 0 Å². The Kier molecular flexibility index (Phi) is 6.96. The summed E-state index contributed by atoms with van der Waals surface area (Å²) in [5, 5.41) is 58.4. The summed E-state index contributed by atoms with van der Waals surface area (Å²) < 4.78 is 29.7. The number of halogens is 2. The predicted molar refractivity (Wildman–Crippen MR) is 136 cm³/mol. The Balaban J connectivity index is 2.33. The van der Waals surface area contributed by atoms with Crippen molar-refractivity contribution in [3.05, 3.63) is 99.9 Å². The highest BCUT2D eigenvalue weighted by Gasteiger charge is 2.21. The summed E-state index contributed by atoms with van der Waals surface area (Å²) >= 11 is 0. The number of nitriles is 6. The molecule has 4 aromatic rings. The SMILES string of the molecule is N#CC(C#N)=c1cc(N(c2ccc(C#N)c(F)c2)c2ccc(C#N)c(F)c2)c(=C(C#N)C#N)c2ccccc12. The number of rotatable bonds is 3. The average molecular weight is 507 g/mol. The minimum Gasteiger partial charge on any atom is -0.310 e. The van der Waals surface area contributed by atoms with E-state index in [1.165, 1.54) is 35.2 Å². The van der Waals surface area contributed by atoms with Crippen LogP contribution in [0.1, 0.15) is 11.1 Å². The number of benzene rings is 4. The number of fused-ring (bicyclic) bond motifs is 1. The number of nitrogens with zero attached hydrogens (tertiary/aromatic N) is 7. The van der Waals surface area contributed by atoms with E-state index in [0.29, 0.717) is 10.8 Å². The highest BCUT2D eigenvalue weighted by molar-refractivity contribution is 5.97. The van der Waals surface area contributed by atoms with Crippen LogP contribution in [-0.4, -0.2) is 0 Å². The van der Waals surface area contributed by atoms with Crippen LogP contribution in [0.2, 0.25) is 0 Å². The second kappa shape index (κ2) is 10.6. The Morgan fingerprint density at radius 3 is 1.51 bits per heavy atom. The van der Waals surface area contributed by atoms with E-state index in [4.69, 9.17) is 0 Å². The Morgan fingerprint density at radius 2 is 1.08 bits per heavy atom. The molecule has 0 saturated carbocycles. The van der Waals surface area contributed by atoms with Crippen LogP contribution in [0.3, 0.4) is 0 Å². The average Bonchev–Trinajstić information content (AvgIpc) is 2.95. The molecule has 0 bridgehead atoms. The first-order valence-corrected chi connectivity index (χ1v) is 11.0. The van der Waals surface area contributed by atoms with Gasteiger partial charge >= 0.3 is 0 Å². The molecule has 0 aliphatic carbocycles. The van der Waals surface area contributed by atoms with Gasteiger partial charge in [-0.3, -0.25) is 0 Å². The molecule has 0 aliphatic rings. The zero-order chi connectivity index (χ0) is 28.1. The summed E-state index contributed by atoms with van der Waals surface area (Å²) in [5.41, 5.74) is -0.918. The Bertz CT molecular complexity index is 1980. The van der Waals surface area contributed by atoms with Gasteiger partial charge in [-0.25, -0.2) is 8.78 Å². The van der Waals surface area contributed by atoms with Gasteiger partial charge in [0, 0.05) is 21.8 Å². The summed E-state index contributed by atoms with van der Waals surface area (Å²) in [5.74, 6) is -1.77. The molecule has 0 saturated heterocycles. The molecule has 0 amide bonds. The van der Waals surface area contributed by atoms with Gasteiger partial charge in [-0.05, 0) is 53.2 Å². The fourth-order valence-corrected chi connectivity index (χ4v) is 4.18. The maximum atomic E-state index is 14.8. The second-order valence-corrected chi connectivity index (χ2v) is 7.95. The zero-order valence-electron chi connectivity index (χ0n) is 19.7. The van der Waals surface area contributed by atoms with Crippen LogP contribution in [0.25, 0.3) is 21.9 Å². The fraction of sp³-hybridized carbons (Fsp3) is 0. The second-order valence-electron chi connectivity index (χ2n) is 7.95. The van der Waals surface area contributed by atoms with E-state index in [1.54, 1.807) is 36.4 Å². The van der Waals surface area contributed by atoms with E-state index in [1.807, 2.05) is 24.3 Å². The summed E-state index contributed by atoms with van der Waals surface area (Å²) in [6.07, 6.45) is 0.